The molecule has 32 heavy (non-hydrogen) atoms. The standard InChI is InChI=1S/C24H24N4O3S/c1-16-7-9-18(10-8-16)23-25-24(31-26-23)22-14-20(15-28(22)2)27-32(29,30)21-12-11-17-5-3-4-6-19(17)13-21/h3-13,20,22,27H,14-15H2,1-2H3. The van der Waals surface area contributed by atoms with Gasteiger partial charge in [-0.25, -0.2) is 13.1 Å². The van der Waals surface area contributed by atoms with E-state index in [2.05, 4.69) is 14.9 Å². The third-order valence-corrected chi connectivity index (χ3v) is 7.46. The Morgan fingerprint density at radius 3 is 2.56 bits per heavy atom. The van der Waals surface area contributed by atoms with Gasteiger partial charge in [-0.3, -0.25) is 4.90 Å². The van der Waals surface area contributed by atoms with Gasteiger partial charge in [0.15, 0.2) is 0 Å². The summed E-state index contributed by atoms with van der Waals surface area (Å²) in [6.45, 7) is 2.58. The Hall–Kier alpha value is -3.07. The van der Waals surface area contributed by atoms with Gasteiger partial charge in [0.25, 0.3) is 0 Å². The average molecular weight is 449 g/mol. The zero-order chi connectivity index (χ0) is 22.3. The van der Waals surface area contributed by atoms with Crippen LogP contribution in [0.4, 0.5) is 0 Å². The van der Waals surface area contributed by atoms with Crippen LogP contribution in [0, 0.1) is 6.92 Å². The zero-order valence-corrected chi connectivity index (χ0v) is 18.7. The Labute approximate surface area is 187 Å². The van der Waals surface area contributed by atoms with Crippen LogP contribution in [0.3, 0.4) is 0 Å². The van der Waals surface area contributed by atoms with Crippen LogP contribution in [0.5, 0.6) is 0 Å². The van der Waals surface area contributed by atoms with Crippen LogP contribution < -0.4 is 4.72 Å². The second-order valence-corrected chi connectivity index (χ2v) is 10.1. The molecule has 5 rings (SSSR count). The van der Waals surface area contributed by atoms with E-state index in [1.165, 1.54) is 0 Å². The van der Waals surface area contributed by atoms with E-state index in [1.807, 2.05) is 73.5 Å². The molecule has 0 saturated carbocycles. The molecule has 2 heterocycles. The first-order valence-electron chi connectivity index (χ1n) is 10.5. The Balaban J connectivity index is 1.32. The maximum atomic E-state index is 13.0. The molecular formula is C24H24N4O3S. The minimum atomic E-state index is -3.65. The second-order valence-electron chi connectivity index (χ2n) is 8.34. The van der Waals surface area contributed by atoms with Crippen LogP contribution >= 0.6 is 0 Å². The Kier molecular flexibility index (Phi) is 5.28. The molecule has 1 aliphatic heterocycles. The van der Waals surface area contributed by atoms with E-state index in [0.29, 0.717) is 24.7 Å². The van der Waals surface area contributed by atoms with Crippen molar-refractivity contribution >= 4 is 20.8 Å². The lowest BCUT2D eigenvalue weighted by atomic mass is 10.1. The largest absolute Gasteiger partial charge is 0.337 e. The summed E-state index contributed by atoms with van der Waals surface area (Å²) in [7, 11) is -1.71. The number of aryl methyl sites for hydroxylation is 1. The number of likely N-dealkylation sites (tertiary alicyclic amines) is 1. The van der Waals surface area contributed by atoms with Crippen molar-refractivity contribution in [3.8, 4) is 11.4 Å². The summed E-state index contributed by atoms with van der Waals surface area (Å²) >= 11 is 0. The molecule has 3 aromatic carbocycles. The maximum Gasteiger partial charge on any atom is 0.244 e. The molecule has 0 radical (unpaired) electrons. The summed E-state index contributed by atoms with van der Waals surface area (Å²) in [5.74, 6) is 1.03. The average Bonchev–Trinajstić information content (AvgIpc) is 3.40. The molecule has 1 aromatic heterocycles. The van der Waals surface area contributed by atoms with Gasteiger partial charge in [0.1, 0.15) is 0 Å². The highest BCUT2D eigenvalue weighted by Gasteiger charge is 2.36. The summed E-state index contributed by atoms with van der Waals surface area (Å²) in [5.41, 5.74) is 2.05. The SMILES string of the molecule is Cc1ccc(-c2noc(C3CC(NS(=O)(=O)c4ccc5ccccc5c4)CN3C)n2)cc1. The van der Waals surface area contributed by atoms with Crippen molar-refractivity contribution in [1.82, 2.24) is 19.8 Å². The third kappa shape index (κ3) is 4.04. The molecule has 1 aliphatic rings. The molecule has 2 unspecified atom stereocenters. The first kappa shape index (κ1) is 20.8. The highest BCUT2D eigenvalue weighted by Crippen LogP contribution is 2.32. The number of hydrogen-bond acceptors (Lipinski definition) is 6. The number of nitrogens with one attached hydrogen (secondary N) is 1. The molecule has 0 bridgehead atoms. The summed E-state index contributed by atoms with van der Waals surface area (Å²) in [5, 5.41) is 6.02. The lowest BCUT2D eigenvalue weighted by Gasteiger charge is -2.14. The predicted molar refractivity (Wildman–Crippen MR) is 123 cm³/mol. The minimum absolute atomic E-state index is 0.147. The lowest BCUT2D eigenvalue weighted by molar-refractivity contribution is 0.244. The minimum Gasteiger partial charge on any atom is -0.337 e. The molecule has 1 N–H and O–H groups in total. The van der Waals surface area contributed by atoms with Gasteiger partial charge in [-0.2, -0.15) is 4.98 Å². The molecule has 2 atom stereocenters. The summed E-state index contributed by atoms with van der Waals surface area (Å²) in [6, 6.07) is 20.4. The summed E-state index contributed by atoms with van der Waals surface area (Å²) in [4.78, 5) is 6.88. The Bertz CT molecular complexity index is 1370. The first-order chi connectivity index (χ1) is 15.4. The molecule has 164 valence electrons. The number of hydrogen-bond donors (Lipinski definition) is 1. The van der Waals surface area contributed by atoms with E-state index in [-0.39, 0.29) is 17.0 Å². The van der Waals surface area contributed by atoms with Crippen molar-refractivity contribution in [2.45, 2.75) is 30.3 Å². The second kappa shape index (κ2) is 8.12. The molecule has 8 heteroatoms. The van der Waals surface area contributed by atoms with Gasteiger partial charge in [0.2, 0.25) is 21.7 Å². The van der Waals surface area contributed by atoms with Crippen molar-refractivity contribution in [2.75, 3.05) is 13.6 Å². The van der Waals surface area contributed by atoms with Gasteiger partial charge in [-0.1, -0.05) is 65.3 Å². The van der Waals surface area contributed by atoms with Crippen molar-refractivity contribution in [3.63, 3.8) is 0 Å². The molecule has 7 nitrogen and oxygen atoms in total. The van der Waals surface area contributed by atoms with Crippen LogP contribution in [0.1, 0.15) is 23.9 Å². The van der Waals surface area contributed by atoms with Crippen LogP contribution in [0.2, 0.25) is 0 Å². The molecule has 1 fully saturated rings. The van der Waals surface area contributed by atoms with Gasteiger partial charge in [-0.15, -0.1) is 0 Å². The van der Waals surface area contributed by atoms with E-state index in [1.54, 1.807) is 12.1 Å². The highest BCUT2D eigenvalue weighted by molar-refractivity contribution is 7.89. The zero-order valence-electron chi connectivity index (χ0n) is 17.9. The summed E-state index contributed by atoms with van der Waals surface area (Å²) < 4.78 is 34.4. The first-order valence-corrected chi connectivity index (χ1v) is 12.0. The fraction of sp³-hybridized carbons (Fsp3) is 0.250. The number of benzene rings is 3. The van der Waals surface area contributed by atoms with Crippen molar-refractivity contribution in [2.24, 2.45) is 0 Å². The van der Waals surface area contributed by atoms with Crippen molar-refractivity contribution < 1.29 is 12.9 Å². The summed E-state index contributed by atoms with van der Waals surface area (Å²) in [6.07, 6.45) is 0.554. The topological polar surface area (TPSA) is 88.3 Å². The number of aromatic nitrogens is 2. The number of rotatable bonds is 5. The number of likely N-dealkylation sites (N-methyl/N-ethyl adjacent to an activating group) is 1. The fourth-order valence-electron chi connectivity index (χ4n) is 4.19. The van der Waals surface area contributed by atoms with Crippen LogP contribution in [0.25, 0.3) is 22.2 Å². The molecule has 0 amide bonds. The molecule has 0 spiro atoms. The van der Waals surface area contributed by atoms with Crippen LogP contribution in [-0.4, -0.2) is 43.1 Å². The Morgan fingerprint density at radius 2 is 1.78 bits per heavy atom. The van der Waals surface area contributed by atoms with Crippen LogP contribution in [-0.2, 0) is 10.0 Å². The normalized spacial score (nSPS) is 19.6. The lowest BCUT2D eigenvalue weighted by Crippen LogP contribution is -2.36. The monoisotopic (exact) mass is 448 g/mol. The highest BCUT2D eigenvalue weighted by atomic mass is 32.2. The van der Waals surface area contributed by atoms with E-state index < -0.39 is 10.0 Å². The van der Waals surface area contributed by atoms with E-state index in [0.717, 1.165) is 21.9 Å². The number of nitrogens with zero attached hydrogens (tertiary/aromatic N) is 3. The third-order valence-electron chi connectivity index (χ3n) is 5.94. The van der Waals surface area contributed by atoms with E-state index in [9.17, 15) is 8.42 Å². The van der Waals surface area contributed by atoms with Crippen molar-refractivity contribution in [1.29, 1.82) is 0 Å². The van der Waals surface area contributed by atoms with Gasteiger partial charge in [-0.05, 0) is 43.3 Å². The maximum absolute atomic E-state index is 13.0. The van der Waals surface area contributed by atoms with Gasteiger partial charge in [0.05, 0.1) is 10.9 Å². The Morgan fingerprint density at radius 1 is 1.03 bits per heavy atom. The van der Waals surface area contributed by atoms with Crippen LogP contribution in [0.15, 0.2) is 76.1 Å². The molecular weight excluding hydrogens is 424 g/mol. The van der Waals surface area contributed by atoms with Gasteiger partial charge in [0, 0.05) is 18.2 Å². The number of sulfonamides is 1. The van der Waals surface area contributed by atoms with Crippen molar-refractivity contribution in [3.05, 3.63) is 78.2 Å². The quantitative estimate of drug-likeness (QED) is 0.498. The smallest absolute Gasteiger partial charge is 0.244 e. The molecule has 1 saturated heterocycles. The molecule has 0 aliphatic carbocycles. The van der Waals surface area contributed by atoms with Gasteiger partial charge >= 0.3 is 0 Å². The molecule has 4 aromatic rings. The fourth-order valence-corrected chi connectivity index (χ4v) is 5.46. The van der Waals surface area contributed by atoms with Gasteiger partial charge < -0.3 is 4.52 Å². The number of fused-ring (bicyclic) bond motifs is 1. The predicted octanol–water partition coefficient (Wildman–Crippen LogP) is 3.92. The van der Waals surface area contributed by atoms with E-state index in [4.69, 9.17) is 4.52 Å². The van der Waals surface area contributed by atoms with E-state index >= 15 is 0 Å².